The second kappa shape index (κ2) is 7.87. The van der Waals surface area contributed by atoms with Gasteiger partial charge in [-0.1, -0.05) is 18.6 Å². The van der Waals surface area contributed by atoms with Crippen LogP contribution in [-0.2, 0) is 9.53 Å². The molecular weight excluding hydrogens is 258 g/mol. The number of hydrogen-bond acceptors (Lipinski definition) is 5. The van der Waals surface area contributed by atoms with Gasteiger partial charge >= 0.3 is 5.97 Å². The van der Waals surface area contributed by atoms with Crippen LogP contribution in [0.2, 0.25) is 0 Å². The number of benzene rings is 1. The van der Waals surface area contributed by atoms with Crippen molar-refractivity contribution in [2.45, 2.75) is 32.4 Å². The van der Waals surface area contributed by atoms with Crippen molar-refractivity contribution < 1.29 is 19.4 Å². The maximum atomic E-state index is 11.4. The van der Waals surface area contributed by atoms with E-state index in [1.807, 2.05) is 32.0 Å². The third-order valence-corrected chi connectivity index (χ3v) is 3.17. The number of carbonyl (C=O) groups is 1. The minimum absolute atomic E-state index is 0.0998. The molecule has 0 aliphatic carbocycles. The highest BCUT2D eigenvalue weighted by Crippen LogP contribution is 2.29. The van der Waals surface area contributed by atoms with Crippen LogP contribution in [0.4, 0.5) is 0 Å². The lowest BCUT2D eigenvalue weighted by atomic mass is 9.97. The maximum absolute atomic E-state index is 11.4. The highest BCUT2D eigenvalue weighted by Gasteiger charge is 2.25. The number of rotatable bonds is 7. The third kappa shape index (κ3) is 4.21. The van der Waals surface area contributed by atoms with Gasteiger partial charge in [-0.25, -0.2) is 0 Å². The number of aryl methyl sites for hydroxylation is 1. The van der Waals surface area contributed by atoms with E-state index < -0.39 is 12.1 Å². The van der Waals surface area contributed by atoms with Gasteiger partial charge in [0.25, 0.3) is 0 Å². The molecule has 0 saturated heterocycles. The van der Waals surface area contributed by atoms with Gasteiger partial charge in [0.2, 0.25) is 0 Å². The summed E-state index contributed by atoms with van der Waals surface area (Å²) in [6, 6.07) is 5.18. The van der Waals surface area contributed by atoms with Crippen LogP contribution in [0.15, 0.2) is 18.2 Å². The number of aliphatic hydroxyl groups excluding tert-OH is 1. The lowest BCUT2D eigenvalue weighted by Gasteiger charge is -2.24. The molecule has 5 heteroatoms. The zero-order chi connectivity index (χ0) is 15.1. The summed E-state index contributed by atoms with van der Waals surface area (Å²) in [7, 11) is 2.90. The standard InChI is InChI=1S/C15H23NO4/c1-5-16-12(9-14(17)20-4)15(18)11-8-10(2)6-7-13(11)19-3/h6-8,12,15-16,18H,5,9H2,1-4H3. The van der Waals surface area contributed by atoms with Crippen molar-refractivity contribution in [1.82, 2.24) is 5.32 Å². The van der Waals surface area contributed by atoms with Crippen molar-refractivity contribution >= 4 is 5.97 Å². The number of nitrogens with one attached hydrogen (secondary N) is 1. The lowest BCUT2D eigenvalue weighted by Crippen LogP contribution is -2.37. The van der Waals surface area contributed by atoms with Crippen LogP contribution in [0, 0.1) is 6.92 Å². The van der Waals surface area contributed by atoms with E-state index in [-0.39, 0.29) is 12.4 Å². The Hall–Kier alpha value is -1.59. The average molecular weight is 281 g/mol. The first kappa shape index (κ1) is 16.5. The second-order valence-corrected chi connectivity index (χ2v) is 4.63. The Bertz CT molecular complexity index is 447. The van der Waals surface area contributed by atoms with Crippen molar-refractivity contribution in [3.05, 3.63) is 29.3 Å². The summed E-state index contributed by atoms with van der Waals surface area (Å²) in [6.07, 6.45) is -0.744. The molecule has 20 heavy (non-hydrogen) atoms. The Morgan fingerprint density at radius 2 is 2.10 bits per heavy atom. The lowest BCUT2D eigenvalue weighted by molar-refractivity contribution is -0.142. The number of ether oxygens (including phenoxy) is 2. The maximum Gasteiger partial charge on any atom is 0.307 e. The molecule has 2 N–H and O–H groups in total. The number of likely N-dealkylation sites (N-methyl/N-ethyl adjacent to an activating group) is 1. The van der Waals surface area contributed by atoms with E-state index in [4.69, 9.17) is 4.74 Å². The first-order valence-corrected chi connectivity index (χ1v) is 6.66. The van der Waals surface area contributed by atoms with Crippen molar-refractivity contribution in [2.75, 3.05) is 20.8 Å². The monoisotopic (exact) mass is 281 g/mol. The molecule has 1 aromatic rings. The fourth-order valence-corrected chi connectivity index (χ4v) is 2.12. The fraction of sp³-hybridized carbons (Fsp3) is 0.533. The predicted molar refractivity (Wildman–Crippen MR) is 76.8 cm³/mol. The van der Waals surface area contributed by atoms with Gasteiger partial charge in [-0.15, -0.1) is 0 Å². The predicted octanol–water partition coefficient (Wildman–Crippen LogP) is 1.58. The van der Waals surface area contributed by atoms with Gasteiger partial charge in [0, 0.05) is 11.6 Å². The van der Waals surface area contributed by atoms with Crippen LogP contribution in [0.25, 0.3) is 0 Å². The summed E-state index contributed by atoms with van der Waals surface area (Å²) < 4.78 is 9.95. The van der Waals surface area contributed by atoms with E-state index in [0.717, 1.165) is 5.56 Å². The molecule has 1 rings (SSSR count). The van der Waals surface area contributed by atoms with Crippen molar-refractivity contribution in [3.63, 3.8) is 0 Å². The number of methoxy groups -OCH3 is 2. The molecule has 2 atom stereocenters. The van der Waals surface area contributed by atoms with E-state index in [2.05, 4.69) is 10.1 Å². The van der Waals surface area contributed by atoms with Gasteiger partial charge in [-0.2, -0.15) is 0 Å². The Kier molecular flexibility index (Phi) is 6.48. The molecule has 0 aromatic heterocycles. The van der Waals surface area contributed by atoms with Crippen molar-refractivity contribution in [1.29, 1.82) is 0 Å². The van der Waals surface area contributed by atoms with E-state index in [0.29, 0.717) is 17.9 Å². The van der Waals surface area contributed by atoms with Crippen LogP contribution in [0.3, 0.4) is 0 Å². The van der Waals surface area contributed by atoms with Crippen LogP contribution < -0.4 is 10.1 Å². The van der Waals surface area contributed by atoms with Gasteiger partial charge in [0.15, 0.2) is 0 Å². The molecule has 0 amide bonds. The van der Waals surface area contributed by atoms with Gasteiger partial charge in [-0.05, 0) is 25.6 Å². The molecular formula is C15H23NO4. The number of aliphatic hydroxyl groups is 1. The van der Waals surface area contributed by atoms with E-state index in [1.54, 1.807) is 7.11 Å². The first-order valence-electron chi connectivity index (χ1n) is 6.66. The Morgan fingerprint density at radius 1 is 1.40 bits per heavy atom. The summed E-state index contributed by atoms with van der Waals surface area (Å²) in [4.78, 5) is 11.4. The largest absolute Gasteiger partial charge is 0.496 e. The molecule has 5 nitrogen and oxygen atoms in total. The minimum atomic E-state index is -0.844. The summed E-state index contributed by atoms with van der Waals surface area (Å²) in [6.45, 7) is 4.51. The molecule has 0 saturated carbocycles. The second-order valence-electron chi connectivity index (χ2n) is 4.63. The van der Waals surface area contributed by atoms with Crippen molar-refractivity contribution in [2.24, 2.45) is 0 Å². The van der Waals surface area contributed by atoms with Gasteiger partial charge in [0.05, 0.1) is 26.7 Å². The molecule has 0 heterocycles. The Morgan fingerprint density at radius 3 is 2.65 bits per heavy atom. The van der Waals surface area contributed by atoms with E-state index in [9.17, 15) is 9.90 Å². The minimum Gasteiger partial charge on any atom is -0.496 e. The van der Waals surface area contributed by atoms with Gasteiger partial charge in [-0.3, -0.25) is 4.79 Å². The summed E-state index contributed by atoms with van der Waals surface area (Å²) >= 11 is 0. The summed E-state index contributed by atoms with van der Waals surface area (Å²) in [5, 5.41) is 13.7. The SMILES string of the molecule is CCNC(CC(=O)OC)C(O)c1cc(C)ccc1OC. The fourth-order valence-electron chi connectivity index (χ4n) is 2.12. The summed E-state index contributed by atoms with van der Waals surface area (Å²) in [5.74, 6) is 0.248. The molecule has 0 spiro atoms. The molecule has 0 radical (unpaired) electrons. The molecule has 2 unspecified atom stereocenters. The average Bonchev–Trinajstić information content (AvgIpc) is 2.45. The van der Waals surface area contributed by atoms with E-state index in [1.165, 1.54) is 7.11 Å². The van der Waals surface area contributed by atoms with Crippen LogP contribution in [0.1, 0.15) is 30.6 Å². The molecule has 1 aromatic carbocycles. The van der Waals surface area contributed by atoms with Gasteiger partial charge in [0.1, 0.15) is 5.75 Å². The van der Waals surface area contributed by atoms with Crippen LogP contribution in [-0.4, -0.2) is 37.9 Å². The topological polar surface area (TPSA) is 67.8 Å². The first-order chi connectivity index (χ1) is 9.53. The Balaban J connectivity index is 3.01. The van der Waals surface area contributed by atoms with Crippen molar-refractivity contribution in [3.8, 4) is 5.75 Å². The zero-order valence-electron chi connectivity index (χ0n) is 12.5. The zero-order valence-corrected chi connectivity index (χ0v) is 12.5. The number of hydrogen-bond donors (Lipinski definition) is 2. The summed E-state index contributed by atoms with van der Waals surface area (Å²) in [5.41, 5.74) is 1.69. The molecule has 0 bridgehead atoms. The normalized spacial score (nSPS) is 13.7. The Labute approximate surface area is 119 Å². The van der Waals surface area contributed by atoms with Crippen LogP contribution >= 0.6 is 0 Å². The van der Waals surface area contributed by atoms with E-state index >= 15 is 0 Å². The highest BCUT2D eigenvalue weighted by atomic mass is 16.5. The molecule has 0 aliphatic rings. The highest BCUT2D eigenvalue weighted by molar-refractivity contribution is 5.70. The smallest absolute Gasteiger partial charge is 0.307 e. The van der Waals surface area contributed by atoms with Gasteiger partial charge < -0.3 is 19.9 Å². The van der Waals surface area contributed by atoms with Crippen LogP contribution in [0.5, 0.6) is 5.75 Å². The molecule has 0 aliphatic heterocycles. The number of esters is 1. The molecule has 112 valence electrons. The third-order valence-electron chi connectivity index (χ3n) is 3.17. The molecule has 0 fully saturated rings. The number of carbonyl (C=O) groups excluding carboxylic acids is 1. The quantitative estimate of drug-likeness (QED) is 0.743.